The predicted molar refractivity (Wildman–Crippen MR) is 77.6 cm³/mol. The van der Waals surface area contributed by atoms with E-state index >= 15 is 0 Å². The van der Waals surface area contributed by atoms with Gasteiger partial charge in [0.1, 0.15) is 5.78 Å². The summed E-state index contributed by atoms with van der Waals surface area (Å²) in [6.07, 6.45) is 8.89. The molecule has 1 aliphatic rings. The molecule has 1 heterocycles. The first-order chi connectivity index (χ1) is 8.01. The summed E-state index contributed by atoms with van der Waals surface area (Å²) in [6, 6.07) is 0. The molecule has 2 atom stereocenters. The summed E-state index contributed by atoms with van der Waals surface area (Å²) in [5.41, 5.74) is 1.54. The number of hydrogen-bond donors (Lipinski definition) is 0. The van der Waals surface area contributed by atoms with Crippen LogP contribution < -0.4 is 0 Å². The van der Waals surface area contributed by atoms with E-state index in [0.29, 0.717) is 17.0 Å². The molecular weight excluding hydrogens is 228 g/mol. The first-order valence-corrected chi connectivity index (χ1v) is 7.75. The van der Waals surface area contributed by atoms with Crippen molar-refractivity contribution in [2.24, 2.45) is 0 Å². The van der Waals surface area contributed by atoms with Gasteiger partial charge in [-0.2, -0.15) is 0 Å². The zero-order valence-corrected chi connectivity index (χ0v) is 12.5. The van der Waals surface area contributed by atoms with Gasteiger partial charge in [0.25, 0.3) is 0 Å². The van der Waals surface area contributed by atoms with Crippen LogP contribution in [-0.4, -0.2) is 15.8 Å². The summed E-state index contributed by atoms with van der Waals surface area (Å²) in [4.78, 5) is 10.9. The molecule has 0 aromatic carbocycles. The predicted octanol–water partition coefficient (Wildman–Crippen LogP) is 4.76. The van der Waals surface area contributed by atoms with E-state index in [1.807, 2.05) is 0 Å². The number of ketones is 1. The lowest BCUT2D eigenvalue weighted by atomic mass is 9.97. The lowest BCUT2D eigenvalue weighted by molar-refractivity contribution is -0.116. The Bertz CT molecular complexity index is 295. The summed E-state index contributed by atoms with van der Waals surface area (Å²) in [5.74, 6) is 0.299. The van der Waals surface area contributed by atoms with Gasteiger partial charge in [0, 0.05) is 16.4 Å². The van der Waals surface area contributed by atoms with Crippen LogP contribution in [0, 0.1) is 0 Å². The Morgan fingerprint density at radius 2 is 2.06 bits per heavy atom. The third-order valence-electron chi connectivity index (χ3n) is 3.85. The van der Waals surface area contributed by atoms with Gasteiger partial charge in [0.05, 0.1) is 0 Å². The van der Waals surface area contributed by atoms with Crippen molar-refractivity contribution in [3.63, 3.8) is 0 Å². The number of allylic oxidation sites excluding steroid dienone is 2. The Balaban J connectivity index is 2.26. The number of Topliss-reactive ketones (excluding diaryl/α,β-unsaturated/α-hetero) is 1. The van der Waals surface area contributed by atoms with Crippen molar-refractivity contribution in [2.45, 2.75) is 76.2 Å². The molecule has 2 heteroatoms. The Hall–Kier alpha value is -0.240. The molecule has 0 aliphatic carbocycles. The maximum atomic E-state index is 10.9. The molecule has 0 saturated carbocycles. The SMILES string of the molecule is CCC(=CCCC(C)=O)CCC1SC1(C)CC. The van der Waals surface area contributed by atoms with Crippen LogP contribution in [-0.2, 0) is 4.79 Å². The number of carbonyl (C=O) groups excluding carboxylic acids is 1. The van der Waals surface area contributed by atoms with E-state index in [0.717, 1.165) is 18.1 Å². The van der Waals surface area contributed by atoms with E-state index in [9.17, 15) is 4.79 Å². The van der Waals surface area contributed by atoms with E-state index in [2.05, 4.69) is 38.6 Å². The first kappa shape index (κ1) is 14.8. The third-order valence-corrected chi connectivity index (χ3v) is 5.75. The monoisotopic (exact) mass is 254 g/mol. The van der Waals surface area contributed by atoms with Gasteiger partial charge in [-0.15, -0.1) is 11.8 Å². The minimum atomic E-state index is 0.299. The Kier molecular flexibility index (Phi) is 5.78. The maximum Gasteiger partial charge on any atom is 0.130 e. The van der Waals surface area contributed by atoms with Gasteiger partial charge in [0.2, 0.25) is 0 Å². The smallest absolute Gasteiger partial charge is 0.130 e. The normalized spacial score (nSPS) is 28.2. The first-order valence-electron chi connectivity index (χ1n) is 6.87. The number of carbonyl (C=O) groups is 1. The molecule has 0 amide bonds. The molecule has 1 nitrogen and oxygen atoms in total. The van der Waals surface area contributed by atoms with Crippen LogP contribution >= 0.6 is 11.8 Å². The molecule has 0 radical (unpaired) electrons. The van der Waals surface area contributed by atoms with Crippen molar-refractivity contribution in [3.05, 3.63) is 11.6 Å². The minimum Gasteiger partial charge on any atom is -0.300 e. The van der Waals surface area contributed by atoms with Crippen molar-refractivity contribution in [1.29, 1.82) is 0 Å². The van der Waals surface area contributed by atoms with Crippen LogP contribution in [0.5, 0.6) is 0 Å². The fraction of sp³-hybridized carbons (Fsp3) is 0.800. The molecule has 1 fully saturated rings. The van der Waals surface area contributed by atoms with Crippen LogP contribution in [0.15, 0.2) is 11.6 Å². The molecule has 0 N–H and O–H groups in total. The number of thioether (sulfide) groups is 1. The molecular formula is C15H26OS. The van der Waals surface area contributed by atoms with E-state index in [4.69, 9.17) is 0 Å². The summed E-state index contributed by atoms with van der Waals surface area (Å²) in [5, 5.41) is 0.871. The number of hydrogen-bond acceptors (Lipinski definition) is 2. The van der Waals surface area contributed by atoms with Gasteiger partial charge >= 0.3 is 0 Å². The third kappa shape index (κ3) is 4.87. The highest BCUT2D eigenvalue weighted by Gasteiger charge is 2.48. The lowest BCUT2D eigenvalue weighted by Gasteiger charge is -2.06. The molecule has 1 aliphatic heterocycles. The van der Waals surface area contributed by atoms with Crippen molar-refractivity contribution in [3.8, 4) is 0 Å². The average Bonchev–Trinajstić information content (AvgIpc) is 2.95. The van der Waals surface area contributed by atoms with Crippen LogP contribution in [0.4, 0.5) is 0 Å². The standard InChI is InChI=1S/C15H26OS/c1-5-13(9-7-8-12(3)16)10-11-14-15(4,6-2)17-14/h9,14H,5-8,10-11H2,1-4H3. The Morgan fingerprint density at radius 1 is 1.35 bits per heavy atom. The molecule has 17 heavy (non-hydrogen) atoms. The summed E-state index contributed by atoms with van der Waals surface area (Å²) in [7, 11) is 0. The molecule has 0 bridgehead atoms. The second kappa shape index (κ2) is 6.63. The molecule has 2 unspecified atom stereocenters. The highest BCUT2D eigenvalue weighted by Crippen LogP contribution is 2.57. The second-order valence-corrected chi connectivity index (χ2v) is 7.01. The lowest BCUT2D eigenvalue weighted by Crippen LogP contribution is -2.07. The average molecular weight is 254 g/mol. The quantitative estimate of drug-likeness (QED) is 0.459. The fourth-order valence-corrected chi connectivity index (χ4v) is 3.45. The topological polar surface area (TPSA) is 17.1 Å². The van der Waals surface area contributed by atoms with E-state index < -0.39 is 0 Å². The van der Waals surface area contributed by atoms with Gasteiger partial charge < -0.3 is 4.79 Å². The van der Waals surface area contributed by atoms with E-state index in [1.165, 1.54) is 24.8 Å². The zero-order valence-electron chi connectivity index (χ0n) is 11.7. The molecule has 0 spiro atoms. The van der Waals surface area contributed by atoms with E-state index in [1.54, 1.807) is 6.92 Å². The molecule has 0 aromatic heterocycles. The van der Waals surface area contributed by atoms with Crippen molar-refractivity contribution >= 4 is 17.5 Å². The Morgan fingerprint density at radius 3 is 2.53 bits per heavy atom. The maximum absolute atomic E-state index is 10.9. The zero-order chi connectivity index (χ0) is 12.9. The van der Waals surface area contributed by atoms with Gasteiger partial charge in [0.15, 0.2) is 0 Å². The van der Waals surface area contributed by atoms with Crippen LogP contribution in [0.3, 0.4) is 0 Å². The molecule has 1 saturated heterocycles. The van der Waals surface area contributed by atoms with E-state index in [-0.39, 0.29) is 0 Å². The summed E-state index contributed by atoms with van der Waals surface area (Å²) in [6.45, 7) is 8.56. The largest absolute Gasteiger partial charge is 0.300 e. The Labute approximate surface area is 110 Å². The summed E-state index contributed by atoms with van der Waals surface area (Å²) < 4.78 is 0.568. The van der Waals surface area contributed by atoms with Crippen molar-refractivity contribution < 1.29 is 4.79 Å². The molecule has 0 aromatic rings. The van der Waals surface area contributed by atoms with Crippen molar-refractivity contribution in [2.75, 3.05) is 0 Å². The van der Waals surface area contributed by atoms with Gasteiger partial charge in [-0.05, 0) is 46.0 Å². The second-order valence-electron chi connectivity index (χ2n) is 5.27. The van der Waals surface area contributed by atoms with Gasteiger partial charge in [-0.25, -0.2) is 0 Å². The van der Waals surface area contributed by atoms with Gasteiger partial charge in [-0.3, -0.25) is 0 Å². The van der Waals surface area contributed by atoms with Crippen LogP contribution in [0.2, 0.25) is 0 Å². The minimum absolute atomic E-state index is 0.299. The van der Waals surface area contributed by atoms with Crippen LogP contribution in [0.25, 0.3) is 0 Å². The highest BCUT2D eigenvalue weighted by atomic mass is 32.2. The highest BCUT2D eigenvalue weighted by molar-refractivity contribution is 8.08. The van der Waals surface area contributed by atoms with Crippen molar-refractivity contribution in [1.82, 2.24) is 0 Å². The fourth-order valence-electron chi connectivity index (χ4n) is 2.19. The number of rotatable bonds is 8. The molecule has 1 rings (SSSR count). The van der Waals surface area contributed by atoms with Gasteiger partial charge in [-0.1, -0.05) is 25.5 Å². The van der Waals surface area contributed by atoms with Crippen LogP contribution in [0.1, 0.15) is 66.2 Å². The molecule has 98 valence electrons. The summed E-state index contributed by atoms with van der Waals surface area (Å²) >= 11 is 2.14.